The summed E-state index contributed by atoms with van der Waals surface area (Å²) >= 11 is 5.29. The minimum atomic E-state index is -0.875. The van der Waals surface area contributed by atoms with Crippen molar-refractivity contribution in [2.45, 2.75) is 6.54 Å². The normalized spacial score (nSPS) is 10.2. The molecule has 0 saturated carbocycles. The third kappa shape index (κ3) is 6.21. The van der Waals surface area contributed by atoms with E-state index in [9.17, 15) is 29.8 Å². The Morgan fingerprint density at radius 1 is 0.886 bits per heavy atom. The Morgan fingerprint density at radius 2 is 1.46 bits per heavy atom. The number of carbonyl (C=O) groups excluding carboxylic acids is 2. The van der Waals surface area contributed by atoms with Crippen molar-refractivity contribution in [1.82, 2.24) is 10.6 Å². The standard InChI is InChI=1S/C23H19N5O6S/c1-26(20-10-6-5-9-19(20)22(30)24-14-15-7-3-2-4-8-15)23(35)25-21(29)16-11-17(27(31)32)13-18(12-16)28(33)34/h2-13H,14H2,1H3,(H,24,30)(H,25,29,35). The summed E-state index contributed by atoms with van der Waals surface area (Å²) in [5.41, 5.74) is 0.0890. The number of amides is 2. The number of carbonyl (C=O) groups is 2. The van der Waals surface area contributed by atoms with Gasteiger partial charge in [-0.05, 0) is 29.9 Å². The van der Waals surface area contributed by atoms with Crippen molar-refractivity contribution in [1.29, 1.82) is 0 Å². The van der Waals surface area contributed by atoms with E-state index in [1.54, 1.807) is 24.3 Å². The second kappa shape index (κ2) is 10.9. The number of non-ortho nitro benzene ring substituents is 2. The zero-order valence-corrected chi connectivity index (χ0v) is 19.2. The van der Waals surface area contributed by atoms with E-state index in [0.717, 1.165) is 23.8 Å². The summed E-state index contributed by atoms with van der Waals surface area (Å²) in [4.78, 5) is 47.4. The number of nitro benzene ring substituents is 2. The largest absolute Gasteiger partial charge is 0.348 e. The van der Waals surface area contributed by atoms with Crippen LogP contribution in [0.2, 0.25) is 0 Å². The van der Waals surface area contributed by atoms with Gasteiger partial charge in [-0.15, -0.1) is 0 Å². The van der Waals surface area contributed by atoms with Gasteiger partial charge in [0.2, 0.25) is 0 Å². The van der Waals surface area contributed by atoms with E-state index < -0.39 is 27.1 Å². The van der Waals surface area contributed by atoms with Gasteiger partial charge < -0.3 is 10.2 Å². The minimum absolute atomic E-state index is 0.118. The highest BCUT2D eigenvalue weighted by atomic mass is 32.1. The Morgan fingerprint density at radius 3 is 2.06 bits per heavy atom. The quantitative estimate of drug-likeness (QED) is 0.288. The lowest BCUT2D eigenvalue weighted by molar-refractivity contribution is -0.394. The van der Waals surface area contributed by atoms with Crippen LogP contribution in [0.4, 0.5) is 17.1 Å². The smallest absolute Gasteiger partial charge is 0.277 e. The first-order valence-corrected chi connectivity index (χ1v) is 10.5. The van der Waals surface area contributed by atoms with Gasteiger partial charge in [0.1, 0.15) is 0 Å². The molecule has 0 aromatic heterocycles. The molecule has 0 aliphatic rings. The van der Waals surface area contributed by atoms with E-state index in [1.807, 2.05) is 30.3 Å². The molecule has 3 rings (SSSR count). The first-order valence-electron chi connectivity index (χ1n) is 10.1. The first kappa shape index (κ1) is 24.9. The molecule has 0 spiro atoms. The predicted octanol–water partition coefficient (Wildman–Crippen LogP) is 3.58. The van der Waals surface area contributed by atoms with Gasteiger partial charge >= 0.3 is 0 Å². The molecule has 0 aliphatic heterocycles. The topological polar surface area (TPSA) is 148 Å². The number of rotatable bonds is 7. The van der Waals surface area contributed by atoms with Gasteiger partial charge in [0.05, 0.1) is 32.7 Å². The summed E-state index contributed by atoms with van der Waals surface area (Å²) < 4.78 is 0. The molecule has 2 N–H and O–H groups in total. The van der Waals surface area contributed by atoms with Crippen molar-refractivity contribution in [3.63, 3.8) is 0 Å². The monoisotopic (exact) mass is 493 g/mol. The van der Waals surface area contributed by atoms with Crippen LogP contribution in [0.15, 0.2) is 72.8 Å². The average molecular weight is 494 g/mol. The van der Waals surface area contributed by atoms with Gasteiger partial charge in [-0.1, -0.05) is 42.5 Å². The molecule has 0 aliphatic carbocycles. The molecule has 3 aromatic rings. The maximum atomic E-state index is 12.8. The fourth-order valence-electron chi connectivity index (χ4n) is 3.13. The first-order chi connectivity index (χ1) is 16.7. The lowest BCUT2D eigenvalue weighted by atomic mass is 10.1. The van der Waals surface area contributed by atoms with E-state index in [4.69, 9.17) is 12.2 Å². The lowest BCUT2D eigenvalue weighted by Crippen LogP contribution is -2.41. The van der Waals surface area contributed by atoms with Crippen LogP contribution in [0, 0.1) is 20.2 Å². The number of nitrogens with one attached hydrogen (secondary N) is 2. The molecule has 3 aromatic carbocycles. The van der Waals surface area contributed by atoms with Crippen molar-refractivity contribution in [2.24, 2.45) is 0 Å². The number of hydrogen-bond acceptors (Lipinski definition) is 7. The molecule has 0 saturated heterocycles. The summed E-state index contributed by atoms with van der Waals surface area (Å²) in [5, 5.41) is 27.3. The second-order valence-electron chi connectivity index (χ2n) is 7.26. The summed E-state index contributed by atoms with van der Waals surface area (Å²) in [6.07, 6.45) is 0. The number of para-hydroxylation sites is 1. The van der Waals surface area contributed by atoms with Crippen molar-refractivity contribution in [3.8, 4) is 0 Å². The van der Waals surface area contributed by atoms with E-state index >= 15 is 0 Å². The summed E-state index contributed by atoms with van der Waals surface area (Å²) in [7, 11) is 1.53. The van der Waals surface area contributed by atoms with Crippen molar-refractivity contribution in [3.05, 3.63) is 110 Å². The highest BCUT2D eigenvalue weighted by Gasteiger charge is 2.22. The Labute approximate surface area is 204 Å². The lowest BCUT2D eigenvalue weighted by Gasteiger charge is -2.23. The fourth-order valence-corrected chi connectivity index (χ4v) is 3.32. The number of nitro groups is 2. The van der Waals surface area contributed by atoms with Crippen LogP contribution in [0.25, 0.3) is 0 Å². The average Bonchev–Trinajstić information content (AvgIpc) is 2.86. The number of thiocarbonyl (C=S) groups is 1. The summed E-state index contributed by atoms with van der Waals surface area (Å²) in [5.74, 6) is -1.24. The third-order valence-electron chi connectivity index (χ3n) is 4.92. The van der Waals surface area contributed by atoms with Crippen molar-refractivity contribution in [2.75, 3.05) is 11.9 Å². The predicted molar refractivity (Wildman–Crippen MR) is 132 cm³/mol. The number of hydrogen-bond donors (Lipinski definition) is 2. The maximum absolute atomic E-state index is 12.8. The molecule has 0 radical (unpaired) electrons. The van der Waals surface area contributed by atoms with Crippen LogP contribution in [0.3, 0.4) is 0 Å². The SMILES string of the molecule is CN(C(=S)NC(=O)c1cc([N+](=O)[O-])cc([N+](=O)[O-])c1)c1ccccc1C(=O)NCc1ccccc1. The van der Waals surface area contributed by atoms with Gasteiger partial charge in [-0.25, -0.2) is 0 Å². The Bertz CT molecular complexity index is 1280. The van der Waals surface area contributed by atoms with Crippen LogP contribution in [-0.4, -0.2) is 33.8 Å². The van der Waals surface area contributed by atoms with Crippen LogP contribution >= 0.6 is 12.2 Å². The van der Waals surface area contributed by atoms with Crippen LogP contribution in [0.1, 0.15) is 26.3 Å². The molecule has 0 unspecified atom stereocenters. The van der Waals surface area contributed by atoms with E-state index in [1.165, 1.54) is 11.9 Å². The fraction of sp³-hybridized carbons (Fsp3) is 0.0870. The van der Waals surface area contributed by atoms with Crippen molar-refractivity contribution >= 4 is 46.2 Å². The molecule has 0 atom stereocenters. The molecule has 35 heavy (non-hydrogen) atoms. The molecule has 0 heterocycles. The number of anilines is 1. The Kier molecular flexibility index (Phi) is 7.79. The molecule has 11 nitrogen and oxygen atoms in total. The molecule has 12 heteroatoms. The molecule has 0 bridgehead atoms. The Balaban J connectivity index is 1.77. The molecule has 178 valence electrons. The molecular weight excluding hydrogens is 474 g/mol. The Hall–Kier alpha value is -4.71. The third-order valence-corrected chi connectivity index (χ3v) is 5.29. The van der Waals surface area contributed by atoms with Gasteiger partial charge in [0.25, 0.3) is 23.2 Å². The van der Waals surface area contributed by atoms with E-state index in [2.05, 4.69) is 10.6 Å². The van der Waals surface area contributed by atoms with Gasteiger partial charge in [-0.2, -0.15) is 0 Å². The summed E-state index contributed by atoms with van der Waals surface area (Å²) in [6.45, 7) is 0.310. The van der Waals surface area contributed by atoms with E-state index in [0.29, 0.717) is 17.8 Å². The molecule has 0 fully saturated rings. The molecular formula is C23H19N5O6S. The van der Waals surface area contributed by atoms with Gasteiger partial charge in [0.15, 0.2) is 5.11 Å². The summed E-state index contributed by atoms with van der Waals surface area (Å²) in [6, 6.07) is 18.5. The number of nitrogens with zero attached hydrogens (tertiary/aromatic N) is 3. The van der Waals surface area contributed by atoms with Crippen LogP contribution in [0.5, 0.6) is 0 Å². The van der Waals surface area contributed by atoms with Crippen LogP contribution in [-0.2, 0) is 6.54 Å². The van der Waals surface area contributed by atoms with Gasteiger partial charge in [-0.3, -0.25) is 35.1 Å². The highest BCUT2D eigenvalue weighted by Crippen LogP contribution is 2.23. The van der Waals surface area contributed by atoms with Gasteiger partial charge in [0, 0.05) is 25.7 Å². The van der Waals surface area contributed by atoms with E-state index in [-0.39, 0.29) is 16.6 Å². The highest BCUT2D eigenvalue weighted by molar-refractivity contribution is 7.80. The molecule has 2 amide bonds. The minimum Gasteiger partial charge on any atom is -0.348 e. The van der Waals surface area contributed by atoms with Crippen LogP contribution < -0.4 is 15.5 Å². The maximum Gasteiger partial charge on any atom is 0.277 e. The second-order valence-corrected chi connectivity index (χ2v) is 7.64. The zero-order valence-electron chi connectivity index (χ0n) is 18.3. The number of benzene rings is 3. The van der Waals surface area contributed by atoms with Crippen molar-refractivity contribution < 1.29 is 19.4 Å². The zero-order chi connectivity index (χ0) is 25.5.